The molecule has 0 saturated heterocycles. The third-order valence-electron chi connectivity index (χ3n) is 4.66. The summed E-state index contributed by atoms with van der Waals surface area (Å²) in [4.78, 5) is 13.7. The van der Waals surface area contributed by atoms with Crippen molar-refractivity contribution in [2.75, 3.05) is 6.54 Å². The minimum Gasteiger partial charge on any atom is -0.294 e. The van der Waals surface area contributed by atoms with Crippen molar-refractivity contribution in [1.82, 2.24) is 19.9 Å². The van der Waals surface area contributed by atoms with E-state index in [2.05, 4.69) is 25.9 Å². The molecule has 1 aliphatic rings. The van der Waals surface area contributed by atoms with Gasteiger partial charge in [0, 0.05) is 48.8 Å². The van der Waals surface area contributed by atoms with Crippen molar-refractivity contribution in [2.24, 2.45) is 0 Å². The molecule has 4 rings (SSSR count). The Morgan fingerprint density at radius 2 is 2.00 bits per heavy atom. The quantitative estimate of drug-likeness (QED) is 0.599. The van der Waals surface area contributed by atoms with Crippen molar-refractivity contribution in [3.05, 3.63) is 63.8 Å². The van der Waals surface area contributed by atoms with Crippen LogP contribution in [0, 0.1) is 6.92 Å². The zero-order chi connectivity index (χ0) is 19.2. The van der Waals surface area contributed by atoms with Crippen molar-refractivity contribution < 1.29 is 13.2 Å². The first-order valence-corrected chi connectivity index (χ1v) is 8.87. The number of fused-ring (bicyclic) bond motifs is 2. The van der Waals surface area contributed by atoms with Crippen LogP contribution < -0.4 is 0 Å². The fraction of sp³-hybridized carbons (Fsp3) is 0.316. The maximum atomic E-state index is 12.8. The first-order valence-electron chi connectivity index (χ1n) is 8.50. The van der Waals surface area contributed by atoms with Crippen LogP contribution in [0.15, 0.2) is 30.5 Å². The van der Waals surface area contributed by atoms with Gasteiger partial charge in [0.2, 0.25) is 5.82 Å². The van der Waals surface area contributed by atoms with Gasteiger partial charge in [-0.05, 0) is 25.1 Å². The third kappa shape index (κ3) is 3.75. The van der Waals surface area contributed by atoms with Crippen LogP contribution in [0.5, 0.6) is 0 Å². The number of halogens is 4. The highest BCUT2D eigenvalue weighted by molar-refractivity contribution is 6.30. The monoisotopic (exact) mass is 392 g/mol. The Balaban J connectivity index is 1.56. The minimum absolute atomic E-state index is 0.443. The molecule has 3 heterocycles. The van der Waals surface area contributed by atoms with E-state index < -0.39 is 12.0 Å². The maximum absolute atomic E-state index is 12.8. The summed E-state index contributed by atoms with van der Waals surface area (Å²) in [5, 5.41) is 1.46. The third-order valence-corrected chi connectivity index (χ3v) is 4.98. The van der Waals surface area contributed by atoms with Crippen LogP contribution in [0.4, 0.5) is 13.2 Å². The largest absolute Gasteiger partial charge is 0.451 e. The van der Waals surface area contributed by atoms with E-state index in [4.69, 9.17) is 11.6 Å². The van der Waals surface area contributed by atoms with E-state index in [0.717, 1.165) is 27.6 Å². The standard InChI is InChI=1S/C19H16ClF3N4/c1-11-2-3-15-12(6-11)7-13(17(20)25-15)9-27-5-4-16-14(10-27)8-24-18(26-16)19(21,22)23/h2-3,6-8H,4-5,9-10H2,1H3. The second-order valence-corrected chi connectivity index (χ2v) is 7.12. The zero-order valence-electron chi connectivity index (χ0n) is 14.5. The van der Waals surface area contributed by atoms with Gasteiger partial charge in [-0.2, -0.15) is 13.2 Å². The van der Waals surface area contributed by atoms with Gasteiger partial charge in [-0.3, -0.25) is 4.90 Å². The highest BCUT2D eigenvalue weighted by Gasteiger charge is 2.35. The highest BCUT2D eigenvalue weighted by Crippen LogP contribution is 2.29. The Kier molecular flexibility index (Phi) is 4.52. The molecular formula is C19H16ClF3N4. The average Bonchev–Trinajstić information content (AvgIpc) is 2.61. The summed E-state index contributed by atoms with van der Waals surface area (Å²) < 4.78 is 38.3. The second kappa shape index (κ2) is 6.73. The van der Waals surface area contributed by atoms with E-state index in [1.807, 2.05) is 25.1 Å². The van der Waals surface area contributed by atoms with Gasteiger partial charge in [0.15, 0.2) is 0 Å². The molecule has 0 spiro atoms. The summed E-state index contributed by atoms with van der Waals surface area (Å²) >= 11 is 6.35. The molecule has 0 radical (unpaired) electrons. The van der Waals surface area contributed by atoms with Crippen molar-refractivity contribution in [3.63, 3.8) is 0 Å². The summed E-state index contributed by atoms with van der Waals surface area (Å²) in [5.41, 5.74) is 4.06. The van der Waals surface area contributed by atoms with Gasteiger partial charge in [-0.1, -0.05) is 23.2 Å². The SMILES string of the molecule is Cc1ccc2nc(Cl)c(CN3CCc4nc(C(F)(F)F)ncc4C3)cc2c1. The number of pyridine rings is 1. The number of hydrogen-bond acceptors (Lipinski definition) is 4. The van der Waals surface area contributed by atoms with Gasteiger partial charge in [0.05, 0.1) is 11.2 Å². The summed E-state index contributed by atoms with van der Waals surface area (Å²) in [6.45, 7) is 3.67. The second-order valence-electron chi connectivity index (χ2n) is 6.76. The summed E-state index contributed by atoms with van der Waals surface area (Å²) in [7, 11) is 0. The Morgan fingerprint density at radius 3 is 2.78 bits per heavy atom. The van der Waals surface area contributed by atoms with E-state index >= 15 is 0 Å². The molecule has 4 nitrogen and oxygen atoms in total. The van der Waals surface area contributed by atoms with Crippen LogP contribution in [0.1, 0.15) is 28.2 Å². The lowest BCUT2D eigenvalue weighted by Gasteiger charge is -2.28. The number of rotatable bonds is 2. The number of benzene rings is 1. The predicted octanol–water partition coefficient (Wildman–Crippen LogP) is 4.56. The van der Waals surface area contributed by atoms with Gasteiger partial charge in [0.25, 0.3) is 0 Å². The number of nitrogens with zero attached hydrogens (tertiary/aromatic N) is 4. The predicted molar refractivity (Wildman–Crippen MR) is 96.3 cm³/mol. The van der Waals surface area contributed by atoms with Crippen LogP contribution in [0.2, 0.25) is 5.15 Å². The first-order chi connectivity index (χ1) is 12.8. The van der Waals surface area contributed by atoms with Gasteiger partial charge < -0.3 is 0 Å². The van der Waals surface area contributed by atoms with Crippen molar-refractivity contribution in [2.45, 2.75) is 32.6 Å². The van der Waals surface area contributed by atoms with Crippen molar-refractivity contribution in [1.29, 1.82) is 0 Å². The molecule has 3 aromatic rings. The molecule has 0 aliphatic carbocycles. The zero-order valence-corrected chi connectivity index (χ0v) is 15.3. The molecule has 8 heteroatoms. The topological polar surface area (TPSA) is 41.9 Å². The van der Waals surface area contributed by atoms with Crippen LogP contribution in [0.3, 0.4) is 0 Å². The molecule has 0 amide bonds. The van der Waals surface area contributed by atoms with Crippen LogP contribution in [0.25, 0.3) is 10.9 Å². The van der Waals surface area contributed by atoms with Crippen LogP contribution >= 0.6 is 11.6 Å². The lowest BCUT2D eigenvalue weighted by atomic mass is 10.1. The normalized spacial score (nSPS) is 15.1. The van der Waals surface area contributed by atoms with E-state index in [0.29, 0.717) is 36.9 Å². The Morgan fingerprint density at radius 1 is 1.19 bits per heavy atom. The molecule has 1 aliphatic heterocycles. The van der Waals surface area contributed by atoms with Gasteiger partial charge >= 0.3 is 6.18 Å². The molecule has 0 unspecified atom stereocenters. The first kappa shape index (κ1) is 18.1. The molecule has 27 heavy (non-hydrogen) atoms. The molecular weight excluding hydrogens is 377 g/mol. The Hall–Kier alpha value is -2.25. The molecule has 1 aromatic carbocycles. The van der Waals surface area contributed by atoms with E-state index in [1.54, 1.807) is 0 Å². The molecule has 0 atom stereocenters. The van der Waals surface area contributed by atoms with Crippen LogP contribution in [-0.4, -0.2) is 26.4 Å². The lowest BCUT2D eigenvalue weighted by molar-refractivity contribution is -0.145. The summed E-state index contributed by atoms with van der Waals surface area (Å²) in [5.74, 6) is -1.08. The van der Waals surface area contributed by atoms with Crippen molar-refractivity contribution in [3.8, 4) is 0 Å². The fourth-order valence-corrected chi connectivity index (χ4v) is 3.52. The number of aryl methyl sites for hydroxylation is 1. The Labute approximate surface area is 159 Å². The fourth-order valence-electron chi connectivity index (χ4n) is 3.31. The van der Waals surface area contributed by atoms with E-state index in [1.165, 1.54) is 6.20 Å². The highest BCUT2D eigenvalue weighted by atomic mass is 35.5. The number of alkyl halides is 3. The smallest absolute Gasteiger partial charge is 0.294 e. The van der Waals surface area contributed by atoms with Crippen LogP contribution in [-0.2, 0) is 25.7 Å². The molecule has 0 fully saturated rings. The Bertz CT molecular complexity index is 1020. The van der Waals surface area contributed by atoms with Gasteiger partial charge in [-0.25, -0.2) is 15.0 Å². The lowest BCUT2D eigenvalue weighted by Crippen LogP contribution is -2.31. The molecule has 0 saturated carbocycles. The molecule has 0 bridgehead atoms. The maximum Gasteiger partial charge on any atom is 0.451 e. The molecule has 140 valence electrons. The van der Waals surface area contributed by atoms with E-state index in [9.17, 15) is 13.2 Å². The number of aromatic nitrogens is 3. The summed E-state index contributed by atoms with van der Waals surface area (Å²) in [6, 6.07) is 8.01. The van der Waals surface area contributed by atoms with Gasteiger partial charge in [0.1, 0.15) is 5.15 Å². The summed E-state index contributed by atoms with van der Waals surface area (Å²) in [6.07, 6.45) is -2.80. The molecule has 2 aromatic heterocycles. The average molecular weight is 393 g/mol. The van der Waals surface area contributed by atoms with E-state index in [-0.39, 0.29) is 0 Å². The molecule has 0 N–H and O–H groups in total. The number of hydrogen-bond donors (Lipinski definition) is 0. The van der Waals surface area contributed by atoms with Crippen molar-refractivity contribution >= 4 is 22.5 Å². The minimum atomic E-state index is -4.52. The van der Waals surface area contributed by atoms with Gasteiger partial charge in [-0.15, -0.1) is 0 Å².